The Morgan fingerprint density at radius 2 is 1.64 bits per heavy atom. The number of quaternary nitrogens is 1. The highest BCUT2D eigenvalue weighted by Gasteiger charge is 2.40. The number of aliphatic carboxylic acids is 1. The number of likely N-dealkylation sites (tertiary alicyclic amines) is 1. The van der Waals surface area contributed by atoms with Crippen molar-refractivity contribution in [2.75, 3.05) is 52.3 Å². The molecule has 1 fully saturated rings. The molecular formula is C57H90N9O13S2+. The van der Waals surface area contributed by atoms with Gasteiger partial charge in [0, 0.05) is 82.5 Å². The molecule has 1 aromatic carbocycles. The van der Waals surface area contributed by atoms with Crippen molar-refractivity contribution in [1.29, 1.82) is 0 Å². The monoisotopic (exact) mass is 1170 g/mol. The molecule has 0 spiro atoms. The number of carboxylic acid groups (broad SMARTS) is 1. The average Bonchev–Trinajstić information content (AvgIpc) is 4.01. The van der Waals surface area contributed by atoms with Crippen molar-refractivity contribution in [2.45, 2.75) is 174 Å². The van der Waals surface area contributed by atoms with E-state index in [2.05, 4.69) is 32.0 Å². The van der Waals surface area contributed by atoms with Crippen molar-refractivity contribution in [3.05, 3.63) is 39.8 Å². The third-order valence-electron chi connectivity index (χ3n) is 15.3. The number of hydrogen-bond donors (Lipinski definition) is 7. The quantitative estimate of drug-likeness (QED) is 0.0210. The summed E-state index contributed by atoms with van der Waals surface area (Å²) >= 11 is 2.40. The highest BCUT2D eigenvalue weighted by atomic mass is 32.2. The standard InChI is InChI=1S/C57H89N9O13S2/c1-13-34(4)39(29-47(69)57(7,8)64(9)10)54(75)65(11)43(33(2)3)30-45(79-36(6)67)53-63-42(32-81-53)52(74)60-38(26-35(5)56(77)78)27-37-21-22-44(68)41(28-37)62-48(70)19-16-24-59-51(73)40(18-14-15-23-58)61-49(71)20-17-25-66-50(72)31-46(80-12)55(66)76/h21-22,28,32-35,38-40,43,45-46,68H,13-20,23-27,29-31,58H2,1-12H3,(H,59,73)(H,60,74)(H,61,71)(H,62,70)(H,77,78)/p+1/t34-,35?,38+,39-,40-,43+,45+,46?/m0/s1. The van der Waals surface area contributed by atoms with Gasteiger partial charge >= 0.3 is 11.9 Å². The Morgan fingerprint density at radius 3 is 2.23 bits per heavy atom. The second kappa shape index (κ2) is 33.2. The number of ketones is 1. The van der Waals surface area contributed by atoms with Gasteiger partial charge in [-0.05, 0) is 109 Å². The summed E-state index contributed by atoms with van der Waals surface area (Å²) in [4.78, 5) is 140. The highest BCUT2D eigenvalue weighted by Crippen LogP contribution is 2.34. The molecule has 22 nitrogen and oxygen atoms in total. The van der Waals surface area contributed by atoms with Gasteiger partial charge in [0.25, 0.3) is 5.91 Å². The van der Waals surface area contributed by atoms with Gasteiger partial charge in [0.2, 0.25) is 35.4 Å². The second-order valence-corrected chi connectivity index (χ2v) is 24.2. The number of nitrogens with zero attached hydrogens (tertiary/aromatic N) is 4. The lowest BCUT2D eigenvalue weighted by Crippen LogP contribution is -2.50. The van der Waals surface area contributed by atoms with Crippen LogP contribution in [0.5, 0.6) is 5.75 Å². The van der Waals surface area contributed by atoms with Gasteiger partial charge in [0.05, 0.1) is 28.9 Å². The molecule has 8 atom stereocenters. The van der Waals surface area contributed by atoms with Gasteiger partial charge in [-0.3, -0.25) is 57.7 Å². The Balaban J connectivity index is 1.69. The van der Waals surface area contributed by atoms with Crippen LogP contribution in [0.2, 0.25) is 0 Å². The number of carboxylic acids is 1. The van der Waals surface area contributed by atoms with Gasteiger partial charge in [-0.25, -0.2) is 4.98 Å². The predicted molar refractivity (Wildman–Crippen MR) is 310 cm³/mol. The summed E-state index contributed by atoms with van der Waals surface area (Å²) in [7, 11) is 5.34. The minimum absolute atomic E-state index is 0.00298. The Labute approximate surface area is 485 Å². The largest absolute Gasteiger partial charge is 0.506 e. The number of likely N-dealkylation sites (N-methyl/N-ethyl adjacent to an activating group) is 1. The summed E-state index contributed by atoms with van der Waals surface area (Å²) in [5.41, 5.74) is 3.65. The van der Waals surface area contributed by atoms with E-state index in [1.165, 1.54) is 48.0 Å². The van der Waals surface area contributed by atoms with Gasteiger partial charge in [0.15, 0.2) is 11.9 Å². The van der Waals surface area contributed by atoms with Gasteiger partial charge in [-0.1, -0.05) is 47.1 Å². The number of thiazole rings is 1. The van der Waals surface area contributed by atoms with Crippen LogP contribution in [0.3, 0.4) is 0 Å². The minimum Gasteiger partial charge on any atom is -0.506 e. The van der Waals surface area contributed by atoms with E-state index in [1.807, 2.05) is 60.5 Å². The number of aromatic nitrogens is 1. The van der Waals surface area contributed by atoms with Crippen LogP contribution in [0.1, 0.15) is 160 Å². The van der Waals surface area contributed by atoms with E-state index < -0.39 is 82.4 Å². The number of carbonyl (C=O) groups is 10. The molecule has 0 aliphatic carbocycles. The van der Waals surface area contributed by atoms with Crippen LogP contribution in [0.25, 0.3) is 0 Å². The number of esters is 1. The molecule has 9 N–H and O–H groups in total. The van der Waals surface area contributed by atoms with Crippen molar-refractivity contribution < 1.29 is 68.6 Å². The third kappa shape index (κ3) is 21.4. The summed E-state index contributed by atoms with van der Waals surface area (Å²) in [5, 5.41) is 33.2. The van der Waals surface area contributed by atoms with E-state index in [-0.39, 0.29) is 123 Å². The SMILES string of the molecule is CC[C@H](C)[C@H](CC(=O)C(C)(C)N(C)C)C(=O)N(C)[C@H](C[C@@H](OC(C)=O)c1nc(C(=O)N[C@@H](Cc2ccc(O)c(NC(=O)CCCNC(=O)[C@H](CCCC[NH3+])NC(=O)CCCN3C(=O)CC(SC)C3=O)c2)CC(C)C(=O)O)cs1)C(C)C. The average molecular weight is 1170 g/mol. The zero-order valence-electron chi connectivity index (χ0n) is 49.5. The van der Waals surface area contributed by atoms with Crippen molar-refractivity contribution in [3.8, 4) is 5.75 Å². The number of Topliss-reactive ketones (excluding diaryl/α,β-unsaturated/α-hetero) is 1. The van der Waals surface area contributed by atoms with E-state index in [4.69, 9.17) is 4.74 Å². The first-order valence-corrected chi connectivity index (χ1v) is 30.2. The molecule has 3 rings (SSSR count). The molecule has 2 aromatic rings. The molecule has 0 saturated carbocycles. The maximum atomic E-state index is 14.4. The fourth-order valence-electron chi connectivity index (χ4n) is 9.38. The number of rotatable bonds is 36. The van der Waals surface area contributed by atoms with Gasteiger partial charge < -0.3 is 46.9 Å². The smallest absolute Gasteiger partial charge is 0.306 e. The zero-order valence-corrected chi connectivity index (χ0v) is 51.1. The normalized spacial score (nSPS) is 16.2. The van der Waals surface area contributed by atoms with E-state index in [0.717, 1.165) is 17.8 Å². The summed E-state index contributed by atoms with van der Waals surface area (Å²) in [6.45, 7) is 15.1. The summed E-state index contributed by atoms with van der Waals surface area (Å²) < 4.78 is 5.81. The molecule has 1 saturated heterocycles. The highest BCUT2D eigenvalue weighted by molar-refractivity contribution is 8.00. The van der Waals surface area contributed by atoms with Crippen LogP contribution in [-0.2, 0) is 54.3 Å². The van der Waals surface area contributed by atoms with Gasteiger partial charge in [0.1, 0.15) is 22.5 Å². The number of unbranched alkanes of at least 4 members (excludes halogenated alkanes) is 1. The number of aromatic hydroxyl groups is 1. The lowest BCUT2D eigenvalue weighted by Gasteiger charge is -2.38. The number of phenols is 1. The minimum atomic E-state index is -1.09. The molecule has 0 radical (unpaired) electrons. The number of anilines is 1. The third-order valence-corrected chi connectivity index (χ3v) is 17.1. The molecule has 1 aliphatic rings. The van der Waals surface area contributed by atoms with E-state index in [9.17, 15) is 58.2 Å². The molecule has 24 heteroatoms. The number of phenolic OH excluding ortho intramolecular Hbond substituents is 1. The predicted octanol–water partition coefficient (Wildman–Crippen LogP) is 4.74. The van der Waals surface area contributed by atoms with Crippen LogP contribution >= 0.6 is 23.1 Å². The summed E-state index contributed by atoms with van der Waals surface area (Å²) in [6, 6.07) is 2.37. The molecule has 452 valence electrons. The zero-order chi connectivity index (χ0) is 60.9. The Kier molecular flexibility index (Phi) is 28.4. The maximum Gasteiger partial charge on any atom is 0.306 e. The summed E-state index contributed by atoms with van der Waals surface area (Å²) in [5.74, 6) is -6.36. The number of amides is 7. The Morgan fingerprint density at radius 1 is 0.963 bits per heavy atom. The maximum absolute atomic E-state index is 14.4. The first-order valence-electron chi connectivity index (χ1n) is 28.0. The van der Waals surface area contributed by atoms with Crippen LogP contribution in [0.4, 0.5) is 5.69 Å². The van der Waals surface area contributed by atoms with Crippen molar-refractivity contribution in [3.63, 3.8) is 0 Å². The van der Waals surface area contributed by atoms with Gasteiger partial charge in [-0.15, -0.1) is 11.3 Å². The van der Waals surface area contributed by atoms with Gasteiger partial charge in [-0.2, -0.15) is 11.8 Å². The number of hydrogen-bond acceptors (Lipinski definition) is 16. The van der Waals surface area contributed by atoms with Crippen LogP contribution < -0.4 is 27.0 Å². The molecule has 1 aromatic heterocycles. The Bertz CT molecular complexity index is 2500. The van der Waals surface area contributed by atoms with E-state index in [1.54, 1.807) is 24.3 Å². The first kappa shape index (κ1) is 69.3. The number of nitrogens with one attached hydrogen (secondary N) is 4. The fourth-order valence-corrected chi connectivity index (χ4v) is 10.9. The number of imide groups is 1. The second-order valence-electron chi connectivity index (χ2n) is 22.3. The summed E-state index contributed by atoms with van der Waals surface area (Å²) in [6.07, 6.45) is 4.04. The molecule has 1 aliphatic heterocycles. The molecule has 2 heterocycles. The fraction of sp³-hybridized carbons (Fsp3) is 0.667. The van der Waals surface area contributed by atoms with Crippen molar-refractivity contribution >= 4 is 87.9 Å². The van der Waals surface area contributed by atoms with Crippen molar-refractivity contribution in [2.24, 2.45) is 23.7 Å². The lowest BCUT2D eigenvalue weighted by molar-refractivity contribution is -0.368. The molecule has 0 bridgehead atoms. The number of thioether (sulfide) groups is 1. The van der Waals surface area contributed by atoms with Crippen LogP contribution in [0.15, 0.2) is 23.6 Å². The van der Waals surface area contributed by atoms with Crippen molar-refractivity contribution in [1.82, 2.24) is 35.6 Å². The topological polar surface area (TPSA) is 319 Å². The molecule has 81 heavy (non-hydrogen) atoms. The van der Waals surface area contributed by atoms with Crippen LogP contribution in [-0.4, -0.2) is 165 Å². The number of benzene rings is 1. The lowest BCUT2D eigenvalue weighted by atomic mass is 9.81. The van der Waals surface area contributed by atoms with Crippen LogP contribution in [0, 0.1) is 23.7 Å². The van der Waals surface area contributed by atoms with E-state index in [0.29, 0.717) is 36.4 Å². The molecule has 7 amide bonds. The molecular weight excluding hydrogens is 1080 g/mol. The van der Waals surface area contributed by atoms with E-state index >= 15 is 0 Å². The number of ether oxygens (including phenoxy) is 1. The number of carbonyl (C=O) groups excluding carboxylic acids is 9. The Hall–Kier alpha value is -5.98. The molecule has 2 unspecified atom stereocenters. The first-order chi connectivity index (χ1) is 38.1.